The van der Waals surface area contributed by atoms with Crippen LogP contribution in [-0.2, 0) is 9.47 Å². The van der Waals surface area contributed by atoms with E-state index in [9.17, 15) is 10.2 Å². The van der Waals surface area contributed by atoms with Crippen molar-refractivity contribution in [3.8, 4) is 0 Å². The van der Waals surface area contributed by atoms with Crippen molar-refractivity contribution in [3.05, 3.63) is 0 Å². The molecule has 2 heterocycles. The molecule has 0 aromatic rings. The minimum absolute atomic E-state index is 0.0174. The Morgan fingerprint density at radius 2 is 2.27 bits per heavy atom. The van der Waals surface area contributed by atoms with Crippen molar-refractivity contribution in [1.82, 2.24) is 4.91 Å². The highest BCUT2D eigenvalue weighted by molar-refractivity contribution is 5.05. The molecular weight excluding hydrogens is 206 g/mol. The predicted octanol–water partition coefficient (Wildman–Crippen LogP) is -2.26. The van der Waals surface area contributed by atoms with Gasteiger partial charge in [0.2, 0.25) is 11.0 Å². The molecule has 8 heteroatoms. The van der Waals surface area contributed by atoms with E-state index < -0.39 is 36.7 Å². The van der Waals surface area contributed by atoms with Crippen LogP contribution in [0.15, 0.2) is 5.11 Å². The fourth-order valence-electron chi connectivity index (χ4n) is 1.87. The third kappa shape index (κ3) is 1.39. The molecule has 0 unspecified atom stereocenters. The minimum Gasteiger partial charge on any atom is -0.393 e. The molecule has 2 saturated heterocycles. The lowest BCUT2D eigenvalue weighted by Gasteiger charge is -2.38. The van der Waals surface area contributed by atoms with E-state index in [2.05, 4.69) is 10.0 Å². The van der Waals surface area contributed by atoms with Gasteiger partial charge in [0.25, 0.3) is 0 Å². The quantitative estimate of drug-likeness (QED) is 0.307. The highest BCUT2D eigenvalue weighted by Crippen LogP contribution is 2.37. The lowest BCUT2D eigenvalue weighted by molar-refractivity contribution is -0.228. The van der Waals surface area contributed by atoms with E-state index >= 15 is 0 Å². The Balaban J connectivity index is 2.28. The average Bonchev–Trinajstić information content (AvgIpc) is 2.65. The molecule has 84 valence electrons. The van der Waals surface area contributed by atoms with Crippen LogP contribution in [-0.4, -0.2) is 58.7 Å². The number of aliphatic hydroxyl groups is 3. The van der Waals surface area contributed by atoms with Gasteiger partial charge in [-0.05, 0) is 0 Å². The Kier molecular flexibility index (Phi) is 2.55. The van der Waals surface area contributed by atoms with Crippen molar-refractivity contribution in [1.29, 1.82) is 5.53 Å². The second kappa shape index (κ2) is 3.60. The maximum absolute atomic E-state index is 9.73. The number of fused-ring (bicyclic) bond motifs is 2. The summed E-state index contributed by atoms with van der Waals surface area (Å²) in [5, 5.41) is 31.9. The second-order valence-corrected chi connectivity index (χ2v) is 3.66. The average molecular weight is 218 g/mol. The fourth-order valence-corrected chi connectivity index (χ4v) is 1.87. The molecule has 2 aliphatic heterocycles. The van der Waals surface area contributed by atoms with Gasteiger partial charge in [0.15, 0.2) is 6.29 Å². The third-order valence-electron chi connectivity index (χ3n) is 2.79. The fraction of sp³-hybridized carbons (Fsp3) is 1.00. The first kappa shape index (κ1) is 10.6. The van der Waals surface area contributed by atoms with Gasteiger partial charge in [-0.25, -0.2) is 0 Å². The maximum Gasteiger partial charge on any atom is 0.214 e. The van der Waals surface area contributed by atoms with Crippen LogP contribution in [0.3, 0.4) is 0 Å². The SMILES string of the molecule is N=[N+]=N[C@H]1[C@@H]2OC[C@](CO)(O2)[C@H](O)[C@@H]1O. The zero-order valence-corrected chi connectivity index (χ0v) is 7.78. The largest absolute Gasteiger partial charge is 0.393 e. The molecule has 0 saturated carbocycles. The molecule has 4 N–H and O–H groups in total. The number of hydrogen-bond donors (Lipinski definition) is 4. The zero-order chi connectivity index (χ0) is 11.1. The van der Waals surface area contributed by atoms with Crippen LogP contribution in [0.2, 0.25) is 0 Å². The van der Waals surface area contributed by atoms with E-state index in [0.717, 1.165) is 0 Å². The molecule has 8 nitrogen and oxygen atoms in total. The normalized spacial score (nSPS) is 48.7. The number of rotatable bonds is 2. The number of nitrogens with zero attached hydrogens (tertiary/aromatic N) is 2. The lowest BCUT2D eigenvalue weighted by atomic mass is 9.89. The summed E-state index contributed by atoms with van der Waals surface area (Å²) >= 11 is 0. The molecular formula is C7H12N3O5+. The van der Waals surface area contributed by atoms with Crippen molar-refractivity contribution >= 4 is 0 Å². The van der Waals surface area contributed by atoms with Gasteiger partial charge in [-0.15, -0.1) is 0 Å². The highest BCUT2D eigenvalue weighted by Gasteiger charge is 2.60. The Hall–Kier alpha value is -0.890. The van der Waals surface area contributed by atoms with Gasteiger partial charge >= 0.3 is 0 Å². The van der Waals surface area contributed by atoms with Crippen molar-refractivity contribution < 1.29 is 24.8 Å². The molecule has 15 heavy (non-hydrogen) atoms. The summed E-state index contributed by atoms with van der Waals surface area (Å²) < 4.78 is 10.4. The van der Waals surface area contributed by atoms with Gasteiger partial charge in [-0.3, -0.25) is 0 Å². The number of aliphatic hydroxyl groups excluding tert-OH is 3. The van der Waals surface area contributed by atoms with Crippen LogP contribution < -0.4 is 4.91 Å². The van der Waals surface area contributed by atoms with E-state index in [1.807, 2.05) is 0 Å². The van der Waals surface area contributed by atoms with Crippen LogP contribution >= 0.6 is 0 Å². The standard InChI is InChI=1S/C7H12N3O5/c8-10-9-3-4(12)5(13)7(1-11)2-14-6(3)15-7/h3-6,8,11-13H,1-2H2/q+1/t3-,4-,5-,6-,7+/m1/s1. The van der Waals surface area contributed by atoms with Crippen LogP contribution in [0.25, 0.3) is 0 Å². The molecule has 2 aliphatic rings. The van der Waals surface area contributed by atoms with Gasteiger partial charge in [-0.1, -0.05) is 0 Å². The van der Waals surface area contributed by atoms with E-state index in [0.29, 0.717) is 0 Å². The molecule has 0 radical (unpaired) electrons. The van der Waals surface area contributed by atoms with Gasteiger partial charge in [-0.2, -0.15) is 0 Å². The van der Waals surface area contributed by atoms with E-state index in [4.69, 9.17) is 20.1 Å². The monoisotopic (exact) mass is 218 g/mol. The summed E-state index contributed by atoms with van der Waals surface area (Å²) in [4.78, 5) is 2.79. The number of ether oxygens (including phenoxy) is 2. The van der Waals surface area contributed by atoms with Crippen molar-refractivity contribution in [3.63, 3.8) is 0 Å². The molecule has 0 aromatic carbocycles. The van der Waals surface area contributed by atoms with Gasteiger partial charge < -0.3 is 24.8 Å². The predicted molar refractivity (Wildman–Crippen MR) is 43.7 cm³/mol. The molecule has 0 aliphatic carbocycles. The Bertz CT molecular complexity index is 307. The highest BCUT2D eigenvalue weighted by atomic mass is 16.7. The van der Waals surface area contributed by atoms with Crippen LogP contribution in [0.5, 0.6) is 0 Å². The summed E-state index contributed by atoms with van der Waals surface area (Å²) in [7, 11) is 0. The molecule has 2 bridgehead atoms. The van der Waals surface area contributed by atoms with Gasteiger partial charge in [0, 0.05) is 0 Å². The smallest absolute Gasteiger partial charge is 0.214 e. The first-order valence-electron chi connectivity index (χ1n) is 4.47. The summed E-state index contributed by atoms with van der Waals surface area (Å²) in [6.07, 6.45) is -3.44. The maximum atomic E-state index is 9.73. The topological polar surface area (TPSA) is 129 Å². The lowest BCUT2D eigenvalue weighted by Crippen LogP contribution is -2.61. The van der Waals surface area contributed by atoms with E-state index in [1.165, 1.54) is 0 Å². The third-order valence-corrected chi connectivity index (χ3v) is 2.79. The first-order valence-corrected chi connectivity index (χ1v) is 4.47. The van der Waals surface area contributed by atoms with E-state index in [1.54, 1.807) is 0 Å². The first-order chi connectivity index (χ1) is 7.14. The van der Waals surface area contributed by atoms with Crippen LogP contribution in [0.1, 0.15) is 0 Å². The molecule has 2 rings (SSSR count). The van der Waals surface area contributed by atoms with Crippen LogP contribution in [0, 0.1) is 5.53 Å². The van der Waals surface area contributed by atoms with Crippen LogP contribution in [0.4, 0.5) is 0 Å². The Morgan fingerprint density at radius 3 is 2.87 bits per heavy atom. The molecule has 0 amide bonds. The van der Waals surface area contributed by atoms with E-state index in [-0.39, 0.29) is 6.61 Å². The Labute approximate surface area is 84.7 Å². The summed E-state index contributed by atoms with van der Waals surface area (Å²) in [6.45, 7) is -0.469. The van der Waals surface area contributed by atoms with Crippen molar-refractivity contribution in [2.45, 2.75) is 30.1 Å². The van der Waals surface area contributed by atoms with Crippen molar-refractivity contribution in [2.24, 2.45) is 5.11 Å². The summed E-state index contributed by atoms with van der Waals surface area (Å²) in [5.41, 5.74) is 5.29. The molecule has 0 aromatic heterocycles. The zero-order valence-electron chi connectivity index (χ0n) is 7.78. The number of hydrogen-bond acceptors (Lipinski definition) is 7. The summed E-state index contributed by atoms with van der Waals surface area (Å²) in [6, 6.07) is -0.931. The van der Waals surface area contributed by atoms with Gasteiger partial charge in [0.1, 0.15) is 28.5 Å². The second-order valence-electron chi connectivity index (χ2n) is 3.66. The van der Waals surface area contributed by atoms with Crippen molar-refractivity contribution in [2.75, 3.05) is 13.2 Å². The Morgan fingerprint density at radius 1 is 1.53 bits per heavy atom. The molecule has 5 atom stereocenters. The van der Waals surface area contributed by atoms with Gasteiger partial charge in [0.05, 0.1) is 13.2 Å². The minimum atomic E-state index is -1.31. The number of nitrogens with one attached hydrogen (secondary N) is 1. The molecule has 0 spiro atoms. The molecule has 2 fully saturated rings. The summed E-state index contributed by atoms with van der Waals surface area (Å²) in [5.74, 6) is 0.